The van der Waals surface area contributed by atoms with E-state index in [1.165, 1.54) is 19.2 Å². The second-order valence-electron chi connectivity index (χ2n) is 3.28. The van der Waals surface area contributed by atoms with Gasteiger partial charge in [0.25, 0.3) is 0 Å². The van der Waals surface area contributed by atoms with E-state index in [9.17, 15) is 13.9 Å². The monoisotopic (exact) mass is 331 g/mol. The van der Waals surface area contributed by atoms with Gasteiger partial charge in [0, 0.05) is 22.5 Å². The van der Waals surface area contributed by atoms with Crippen LogP contribution in [-0.4, -0.2) is 18.6 Å². The molecule has 0 aliphatic carbocycles. The van der Waals surface area contributed by atoms with Crippen LogP contribution in [0.15, 0.2) is 16.6 Å². The molecule has 0 fully saturated rings. The average Bonchev–Trinajstić information content (AvgIpc) is 2.19. The number of benzene rings is 1. The van der Waals surface area contributed by atoms with Crippen LogP contribution in [-0.2, 0) is 0 Å². The van der Waals surface area contributed by atoms with Crippen LogP contribution < -0.4 is 10.5 Å². The highest BCUT2D eigenvalue weighted by Gasteiger charge is 2.19. The number of ether oxygens (including phenoxy) is 1. The van der Waals surface area contributed by atoms with Gasteiger partial charge < -0.3 is 15.6 Å². The Hall–Kier alpha value is -0.590. The third-order valence-corrected chi connectivity index (χ3v) is 2.58. The third kappa shape index (κ3) is 4.29. The van der Waals surface area contributed by atoms with Crippen molar-refractivity contribution in [1.82, 2.24) is 0 Å². The number of hydrogen-bond acceptors (Lipinski definition) is 3. The quantitative estimate of drug-likeness (QED) is 0.890. The summed E-state index contributed by atoms with van der Waals surface area (Å²) in [5.41, 5.74) is 5.82. The molecule has 0 bridgehead atoms. The molecule has 0 spiro atoms. The predicted molar refractivity (Wildman–Crippen MR) is 67.2 cm³/mol. The van der Waals surface area contributed by atoms with Gasteiger partial charge in [0.2, 0.25) is 6.43 Å². The van der Waals surface area contributed by atoms with Gasteiger partial charge in [-0.05, 0) is 12.1 Å². The van der Waals surface area contributed by atoms with Crippen LogP contribution in [0.4, 0.5) is 8.78 Å². The zero-order valence-electron chi connectivity index (χ0n) is 8.99. The minimum atomic E-state index is -2.51. The van der Waals surface area contributed by atoms with Crippen molar-refractivity contribution in [2.24, 2.45) is 5.73 Å². The summed E-state index contributed by atoms with van der Waals surface area (Å²) in [6, 6.07) is 2.12. The van der Waals surface area contributed by atoms with Crippen molar-refractivity contribution in [2.75, 3.05) is 7.11 Å². The first-order valence-corrected chi connectivity index (χ1v) is 5.35. The summed E-state index contributed by atoms with van der Waals surface area (Å²) in [6.07, 6.45) is -3.02. The average molecular weight is 333 g/mol. The van der Waals surface area contributed by atoms with Crippen molar-refractivity contribution in [2.45, 2.75) is 18.9 Å². The summed E-state index contributed by atoms with van der Waals surface area (Å²) < 4.78 is 29.9. The standard InChI is InChI=1S/C10H12BrF2NO2.ClH/c1-16-8-3-5(11)2-6(10(8)15)7(14)4-9(12)13;/h2-3,7,9,15H,4,14H2,1H3;1H/t7-;/m1./s1. The van der Waals surface area contributed by atoms with Crippen molar-refractivity contribution >= 4 is 28.3 Å². The zero-order chi connectivity index (χ0) is 12.3. The first-order chi connectivity index (χ1) is 7.45. The highest BCUT2D eigenvalue weighted by molar-refractivity contribution is 9.10. The molecule has 0 aliphatic rings. The molecule has 7 heteroatoms. The molecule has 98 valence electrons. The van der Waals surface area contributed by atoms with Crippen molar-refractivity contribution in [3.8, 4) is 11.5 Å². The van der Waals surface area contributed by atoms with Crippen molar-refractivity contribution in [3.05, 3.63) is 22.2 Å². The van der Waals surface area contributed by atoms with Crippen LogP contribution in [0.2, 0.25) is 0 Å². The van der Waals surface area contributed by atoms with E-state index >= 15 is 0 Å². The first-order valence-electron chi connectivity index (χ1n) is 4.55. The fraction of sp³-hybridized carbons (Fsp3) is 0.400. The van der Waals surface area contributed by atoms with Gasteiger partial charge in [0.15, 0.2) is 11.5 Å². The molecule has 17 heavy (non-hydrogen) atoms. The molecular weight excluding hydrogens is 319 g/mol. The van der Waals surface area contributed by atoms with Gasteiger partial charge in [-0.15, -0.1) is 12.4 Å². The van der Waals surface area contributed by atoms with Gasteiger partial charge in [-0.25, -0.2) is 8.78 Å². The molecule has 0 amide bonds. The van der Waals surface area contributed by atoms with Gasteiger partial charge in [-0.1, -0.05) is 15.9 Å². The molecule has 0 heterocycles. The van der Waals surface area contributed by atoms with E-state index in [0.717, 1.165) is 0 Å². The maximum Gasteiger partial charge on any atom is 0.240 e. The number of phenols is 1. The molecule has 3 N–H and O–H groups in total. The molecule has 0 aromatic heterocycles. The topological polar surface area (TPSA) is 55.5 Å². The summed E-state index contributed by atoms with van der Waals surface area (Å²) >= 11 is 3.19. The Morgan fingerprint density at radius 3 is 2.53 bits per heavy atom. The number of halogens is 4. The summed E-state index contributed by atoms with van der Waals surface area (Å²) in [7, 11) is 1.38. The van der Waals surface area contributed by atoms with Crippen LogP contribution in [0.3, 0.4) is 0 Å². The van der Waals surface area contributed by atoms with Gasteiger partial charge in [-0.3, -0.25) is 0 Å². The molecule has 1 atom stereocenters. The number of hydrogen-bond donors (Lipinski definition) is 2. The molecule has 0 radical (unpaired) electrons. The number of alkyl halides is 2. The van der Waals surface area contributed by atoms with E-state index in [2.05, 4.69) is 15.9 Å². The fourth-order valence-corrected chi connectivity index (χ4v) is 1.81. The molecule has 0 saturated heterocycles. The lowest BCUT2D eigenvalue weighted by atomic mass is 10.0. The summed E-state index contributed by atoms with van der Waals surface area (Å²) in [5, 5.41) is 9.73. The molecule has 0 saturated carbocycles. The van der Waals surface area contributed by atoms with Gasteiger partial charge in [0.05, 0.1) is 7.11 Å². The van der Waals surface area contributed by atoms with Crippen molar-refractivity contribution in [1.29, 1.82) is 0 Å². The number of phenolic OH excluding ortho intramolecular Hbond substituents is 1. The number of rotatable bonds is 4. The van der Waals surface area contributed by atoms with E-state index in [0.29, 0.717) is 4.47 Å². The molecule has 0 aliphatic heterocycles. The zero-order valence-corrected chi connectivity index (χ0v) is 11.4. The number of methoxy groups -OCH3 is 1. The van der Waals surface area contributed by atoms with Crippen LogP contribution in [0.1, 0.15) is 18.0 Å². The molecule has 1 rings (SSSR count). The van der Waals surface area contributed by atoms with Crippen LogP contribution in [0, 0.1) is 0 Å². The minimum Gasteiger partial charge on any atom is -0.504 e. The maximum absolute atomic E-state index is 12.2. The smallest absolute Gasteiger partial charge is 0.240 e. The van der Waals surface area contributed by atoms with Crippen LogP contribution in [0.5, 0.6) is 11.5 Å². The van der Waals surface area contributed by atoms with Gasteiger partial charge >= 0.3 is 0 Å². The lowest BCUT2D eigenvalue weighted by Crippen LogP contribution is -2.14. The summed E-state index contributed by atoms with van der Waals surface area (Å²) in [5.74, 6) is 0.00735. The minimum absolute atomic E-state index is 0. The van der Waals surface area contributed by atoms with E-state index in [4.69, 9.17) is 10.5 Å². The fourth-order valence-electron chi connectivity index (χ4n) is 1.35. The van der Waals surface area contributed by atoms with Gasteiger partial charge in [0.1, 0.15) is 0 Å². The Morgan fingerprint density at radius 2 is 2.06 bits per heavy atom. The number of nitrogens with two attached hydrogens (primary N) is 1. The Bertz CT molecular complexity index is 380. The van der Waals surface area contributed by atoms with Gasteiger partial charge in [-0.2, -0.15) is 0 Å². The van der Waals surface area contributed by atoms with E-state index in [-0.39, 0.29) is 29.5 Å². The van der Waals surface area contributed by atoms with Crippen molar-refractivity contribution in [3.63, 3.8) is 0 Å². The van der Waals surface area contributed by atoms with Crippen molar-refractivity contribution < 1.29 is 18.6 Å². The molecule has 3 nitrogen and oxygen atoms in total. The Labute approximate surface area is 112 Å². The molecule has 1 aromatic carbocycles. The SMILES string of the molecule is COc1cc(Br)cc([C@H](N)CC(F)F)c1O.Cl. The highest BCUT2D eigenvalue weighted by atomic mass is 79.9. The lowest BCUT2D eigenvalue weighted by molar-refractivity contribution is 0.128. The van der Waals surface area contributed by atoms with Crippen LogP contribution in [0.25, 0.3) is 0 Å². The maximum atomic E-state index is 12.2. The largest absolute Gasteiger partial charge is 0.504 e. The predicted octanol–water partition coefficient (Wildman–Crippen LogP) is 3.24. The summed E-state index contributed by atoms with van der Waals surface area (Å²) in [4.78, 5) is 0. The molecular formula is C10H13BrClF2NO2. The third-order valence-electron chi connectivity index (χ3n) is 2.12. The Morgan fingerprint density at radius 1 is 1.47 bits per heavy atom. The van der Waals surface area contributed by atoms with E-state index in [1.807, 2.05) is 0 Å². The Balaban J connectivity index is 0.00000256. The first kappa shape index (κ1) is 16.4. The lowest BCUT2D eigenvalue weighted by Gasteiger charge is -2.15. The summed E-state index contributed by atoms with van der Waals surface area (Å²) in [6.45, 7) is 0. The molecule has 1 aromatic rings. The highest BCUT2D eigenvalue weighted by Crippen LogP contribution is 2.37. The second kappa shape index (κ2) is 6.98. The van der Waals surface area contributed by atoms with E-state index < -0.39 is 18.9 Å². The number of aromatic hydroxyl groups is 1. The van der Waals surface area contributed by atoms with Crippen LogP contribution >= 0.6 is 28.3 Å². The molecule has 0 unspecified atom stereocenters. The second-order valence-corrected chi connectivity index (χ2v) is 4.19. The Kier molecular flexibility index (Phi) is 6.74. The normalized spacial score (nSPS) is 12.1. The van der Waals surface area contributed by atoms with E-state index in [1.54, 1.807) is 0 Å².